The predicted octanol–water partition coefficient (Wildman–Crippen LogP) is 3.34. The van der Waals surface area contributed by atoms with E-state index in [0.29, 0.717) is 5.92 Å². The molecular formula is C14H17N. The van der Waals surface area contributed by atoms with Crippen LogP contribution in [0.2, 0.25) is 0 Å². The highest BCUT2D eigenvalue weighted by Crippen LogP contribution is 2.33. The normalized spacial score (nSPS) is 21.5. The van der Waals surface area contributed by atoms with Gasteiger partial charge in [-0.3, -0.25) is 0 Å². The van der Waals surface area contributed by atoms with Gasteiger partial charge in [-0.25, -0.2) is 0 Å². The van der Waals surface area contributed by atoms with E-state index in [9.17, 15) is 0 Å². The summed E-state index contributed by atoms with van der Waals surface area (Å²) in [6.07, 6.45) is 3.20. The van der Waals surface area contributed by atoms with E-state index in [-0.39, 0.29) is 0 Å². The number of nitrogens with two attached hydrogens (primary N) is 1. The Bertz CT molecular complexity index is 412. The van der Waals surface area contributed by atoms with E-state index in [1.807, 2.05) is 0 Å². The second kappa shape index (κ2) is 3.93. The van der Waals surface area contributed by atoms with Gasteiger partial charge in [0.05, 0.1) is 0 Å². The smallest absolute Gasteiger partial charge is 0.0116 e. The summed E-state index contributed by atoms with van der Waals surface area (Å²) in [5, 5.41) is 0. The Morgan fingerprint density at radius 3 is 2.53 bits per heavy atom. The van der Waals surface area contributed by atoms with Crippen LogP contribution in [0.5, 0.6) is 0 Å². The highest BCUT2D eigenvalue weighted by atomic mass is 14.6. The Morgan fingerprint density at radius 2 is 1.87 bits per heavy atom. The van der Waals surface area contributed by atoms with E-state index in [2.05, 4.69) is 50.3 Å². The molecule has 2 N–H and O–H groups in total. The third-order valence-electron chi connectivity index (χ3n) is 3.04. The molecule has 1 unspecified atom stereocenters. The molecule has 1 aliphatic rings. The minimum absolute atomic E-state index is 0.524. The zero-order valence-corrected chi connectivity index (χ0v) is 9.33. The lowest BCUT2D eigenvalue weighted by molar-refractivity contribution is 0.713. The predicted molar refractivity (Wildman–Crippen MR) is 65.1 cm³/mol. The van der Waals surface area contributed by atoms with Gasteiger partial charge in [-0.1, -0.05) is 43.3 Å². The fourth-order valence-electron chi connectivity index (χ4n) is 2.07. The first kappa shape index (κ1) is 10.0. The molecule has 1 nitrogen and oxygen atoms in total. The van der Waals surface area contributed by atoms with Crippen LogP contribution in [0.4, 0.5) is 0 Å². The zero-order chi connectivity index (χ0) is 10.8. The first-order valence-electron chi connectivity index (χ1n) is 5.40. The van der Waals surface area contributed by atoms with E-state index in [1.165, 1.54) is 16.7 Å². The van der Waals surface area contributed by atoms with Crippen molar-refractivity contribution < 1.29 is 0 Å². The SMILES string of the molecule is CC1=C(N)CC(C)C(c2ccccc2)=C1. The molecule has 0 saturated heterocycles. The summed E-state index contributed by atoms with van der Waals surface area (Å²) in [6.45, 7) is 4.32. The van der Waals surface area contributed by atoms with Crippen LogP contribution in [0.1, 0.15) is 25.8 Å². The molecule has 0 aromatic heterocycles. The van der Waals surface area contributed by atoms with Gasteiger partial charge in [0.15, 0.2) is 0 Å². The van der Waals surface area contributed by atoms with Crippen LogP contribution in [0.25, 0.3) is 5.57 Å². The maximum absolute atomic E-state index is 5.94. The van der Waals surface area contributed by atoms with Gasteiger partial charge in [-0.15, -0.1) is 0 Å². The summed E-state index contributed by atoms with van der Waals surface area (Å²) in [4.78, 5) is 0. The molecule has 0 amide bonds. The zero-order valence-electron chi connectivity index (χ0n) is 9.33. The van der Waals surface area contributed by atoms with Gasteiger partial charge in [0.1, 0.15) is 0 Å². The Labute approximate surface area is 91.3 Å². The highest BCUT2D eigenvalue weighted by molar-refractivity contribution is 5.71. The standard InChI is InChI=1S/C14H17N/c1-10-9-14(15)11(2)8-13(10)12-6-4-3-5-7-12/h3-8,10H,9,15H2,1-2H3. The fraction of sp³-hybridized carbons (Fsp3) is 0.286. The molecule has 1 atom stereocenters. The minimum atomic E-state index is 0.524. The molecule has 1 aromatic carbocycles. The number of benzene rings is 1. The fourth-order valence-corrected chi connectivity index (χ4v) is 2.07. The van der Waals surface area contributed by atoms with E-state index in [0.717, 1.165) is 12.1 Å². The van der Waals surface area contributed by atoms with Crippen LogP contribution in [0.15, 0.2) is 47.7 Å². The average molecular weight is 199 g/mol. The van der Waals surface area contributed by atoms with Crippen LogP contribution in [-0.2, 0) is 0 Å². The third-order valence-corrected chi connectivity index (χ3v) is 3.04. The molecule has 78 valence electrons. The van der Waals surface area contributed by atoms with Crippen LogP contribution in [-0.4, -0.2) is 0 Å². The Morgan fingerprint density at radius 1 is 1.20 bits per heavy atom. The summed E-state index contributed by atoms with van der Waals surface area (Å²) in [6, 6.07) is 10.5. The first-order valence-corrected chi connectivity index (χ1v) is 5.40. The molecule has 0 fully saturated rings. The van der Waals surface area contributed by atoms with E-state index in [4.69, 9.17) is 5.73 Å². The van der Waals surface area contributed by atoms with Crippen molar-refractivity contribution >= 4 is 5.57 Å². The van der Waals surface area contributed by atoms with Crippen LogP contribution in [0.3, 0.4) is 0 Å². The molecule has 0 heterocycles. The molecule has 1 heteroatoms. The number of hydrogen-bond acceptors (Lipinski definition) is 1. The second-order valence-corrected chi connectivity index (χ2v) is 4.28. The van der Waals surface area contributed by atoms with Gasteiger partial charge in [0, 0.05) is 5.70 Å². The molecule has 0 radical (unpaired) electrons. The first-order chi connectivity index (χ1) is 7.18. The molecule has 0 bridgehead atoms. The Kier molecular flexibility index (Phi) is 2.63. The van der Waals surface area contributed by atoms with Crippen LogP contribution in [0, 0.1) is 5.92 Å². The summed E-state index contributed by atoms with van der Waals surface area (Å²) < 4.78 is 0. The molecule has 0 saturated carbocycles. The Balaban J connectivity index is 2.42. The minimum Gasteiger partial charge on any atom is -0.402 e. The lowest BCUT2D eigenvalue weighted by Gasteiger charge is -2.22. The molecule has 2 rings (SSSR count). The van der Waals surface area contributed by atoms with Crippen molar-refractivity contribution in [1.29, 1.82) is 0 Å². The van der Waals surface area contributed by atoms with Gasteiger partial charge in [-0.05, 0) is 36.0 Å². The van der Waals surface area contributed by atoms with Crippen molar-refractivity contribution in [2.24, 2.45) is 11.7 Å². The molecular weight excluding hydrogens is 182 g/mol. The summed E-state index contributed by atoms with van der Waals surface area (Å²) in [7, 11) is 0. The molecule has 15 heavy (non-hydrogen) atoms. The van der Waals surface area contributed by atoms with E-state index < -0.39 is 0 Å². The van der Waals surface area contributed by atoms with Crippen molar-refractivity contribution in [1.82, 2.24) is 0 Å². The van der Waals surface area contributed by atoms with Gasteiger partial charge in [-0.2, -0.15) is 0 Å². The third kappa shape index (κ3) is 1.96. The van der Waals surface area contributed by atoms with Gasteiger partial charge in [0.25, 0.3) is 0 Å². The number of allylic oxidation sites excluding steroid dienone is 4. The summed E-state index contributed by atoms with van der Waals surface area (Å²) in [5.41, 5.74) is 10.9. The average Bonchev–Trinajstić information content (AvgIpc) is 2.25. The molecule has 0 aliphatic heterocycles. The highest BCUT2D eigenvalue weighted by Gasteiger charge is 2.17. The second-order valence-electron chi connectivity index (χ2n) is 4.28. The van der Waals surface area contributed by atoms with Crippen molar-refractivity contribution in [3.63, 3.8) is 0 Å². The monoisotopic (exact) mass is 199 g/mol. The quantitative estimate of drug-likeness (QED) is 0.737. The van der Waals surface area contributed by atoms with Gasteiger partial charge < -0.3 is 5.73 Å². The van der Waals surface area contributed by atoms with Crippen molar-refractivity contribution in [2.45, 2.75) is 20.3 Å². The summed E-state index contributed by atoms with van der Waals surface area (Å²) in [5.74, 6) is 0.524. The Hall–Kier alpha value is -1.50. The maximum Gasteiger partial charge on any atom is 0.0116 e. The lowest BCUT2D eigenvalue weighted by atomic mass is 9.84. The lowest BCUT2D eigenvalue weighted by Crippen LogP contribution is -2.12. The molecule has 1 aromatic rings. The molecule has 0 spiro atoms. The van der Waals surface area contributed by atoms with Gasteiger partial charge >= 0.3 is 0 Å². The van der Waals surface area contributed by atoms with E-state index >= 15 is 0 Å². The van der Waals surface area contributed by atoms with Crippen molar-refractivity contribution in [2.75, 3.05) is 0 Å². The summed E-state index contributed by atoms with van der Waals surface area (Å²) >= 11 is 0. The maximum atomic E-state index is 5.94. The van der Waals surface area contributed by atoms with Gasteiger partial charge in [0.2, 0.25) is 0 Å². The number of rotatable bonds is 1. The number of hydrogen-bond donors (Lipinski definition) is 1. The largest absolute Gasteiger partial charge is 0.402 e. The topological polar surface area (TPSA) is 26.0 Å². The van der Waals surface area contributed by atoms with Crippen molar-refractivity contribution in [3.05, 3.63) is 53.2 Å². The molecule has 1 aliphatic carbocycles. The van der Waals surface area contributed by atoms with E-state index in [1.54, 1.807) is 0 Å². The van der Waals surface area contributed by atoms with Crippen LogP contribution >= 0.6 is 0 Å². The van der Waals surface area contributed by atoms with Crippen LogP contribution < -0.4 is 5.73 Å². The van der Waals surface area contributed by atoms with Crippen molar-refractivity contribution in [3.8, 4) is 0 Å².